The molecule has 0 saturated carbocycles. The third kappa shape index (κ3) is 4.94. The van der Waals surface area contributed by atoms with Crippen molar-refractivity contribution >= 4 is 45.5 Å². The molecule has 3 aromatic carbocycles. The smallest absolute Gasteiger partial charge is 0.141 e. The van der Waals surface area contributed by atoms with Crippen molar-refractivity contribution in [1.29, 1.82) is 0 Å². The number of hydrogen-bond acceptors (Lipinski definition) is 5. The van der Waals surface area contributed by atoms with Gasteiger partial charge in [-0.05, 0) is 60.5 Å². The molecule has 1 N–H and O–H groups in total. The van der Waals surface area contributed by atoms with E-state index in [4.69, 9.17) is 21.3 Å². The van der Waals surface area contributed by atoms with Crippen LogP contribution in [0.3, 0.4) is 0 Å². The van der Waals surface area contributed by atoms with Crippen LogP contribution >= 0.6 is 11.6 Å². The quantitative estimate of drug-likeness (QED) is 0.345. The van der Waals surface area contributed by atoms with Gasteiger partial charge in [0.2, 0.25) is 0 Å². The van der Waals surface area contributed by atoms with E-state index in [1.165, 1.54) is 18.5 Å². The number of nitrogens with one attached hydrogen (secondary N) is 1. The zero-order valence-corrected chi connectivity index (χ0v) is 19.4. The minimum absolute atomic E-state index is 0.223. The molecule has 1 aliphatic heterocycles. The van der Waals surface area contributed by atoms with Crippen molar-refractivity contribution < 1.29 is 9.13 Å². The first kappa shape index (κ1) is 22.1. The predicted octanol–water partition coefficient (Wildman–Crippen LogP) is 6.50. The molecule has 172 valence electrons. The van der Waals surface area contributed by atoms with E-state index in [0.717, 1.165) is 53.1 Å². The van der Waals surface area contributed by atoms with Crippen molar-refractivity contribution in [3.63, 3.8) is 0 Å². The molecule has 0 spiro atoms. The number of fused-ring (bicyclic) bond motifs is 1. The van der Waals surface area contributed by atoms with Gasteiger partial charge < -0.3 is 15.0 Å². The number of halogens is 2. The Morgan fingerprint density at radius 1 is 1.12 bits per heavy atom. The molecule has 8 heteroatoms. The molecule has 5 rings (SSSR count). The average molecular weight is 476 g/mol. The number of rotatable bonds is 6. The second kappa shape index (κ2) is 9.65. The zero-order chi connectivity index (χ0) is 23.5. The Labute approximate surface area is 202 Å². The number of amidine groups is 1. The molecule has 1 fully saturated rings. The first-order chi connectivity index (χ1) is 16.5. The number of aliphatic imine (C=N–C) groups is 1. The Morgan fingerprint density at radius 2 is 2.03 bits per heavy atom. The molecule has 2 heterocycles. The molecule has 0 unspecified atom stereocenters. The second-order valence-corrected chi connectivity index (χ2v) is 8.57. The average Bonchev–Trinajstić information content (AvgIpc) is 3.23. The second-order valence-electron chi connectivity index (χ2n) is 8.17. The van der Waals surface area contributed by atoms with Gasteiger partial charge in [0.25, 0.3) is 0 Å². The van der Waals surface area contributed by atoms with Gasteiger partial charge in [0.05, 0.1) is 16.2 Å². The van der Waals surface area contributed by atoms with E-state index < -0.39 is 0 Å². The van der Waals surface area contributed by atoms with E-state index in [2.05, 4.69) is 27.2 Å². The number of aromatic nitrogens is 2. The van der Waals surface area contributed by atoms with Crippen molar-refractivity contribution in [3.05, 3.63) is 83.4 Å². The van der Waals surface area contributed by atoms with Crippen molar-refractivity contribution in [3.8, 4) is 5.75 Å². The summed E-state index contributed by atoms with van der Waals surface area (Å²) in [6.45, 7) is 1.26. The fraction of sp³-hybridized carbons (Fsp3) is 0.192. The number of ether oxygens (including phenoxy) is 1. The summed E-state index contributed by atoms with van der Waals surface area (Å²) in [7, 11) is 2.07. The van der Waals surface area contributed by atoms with Crippen molar-refractivity contribution in [1.82, 2.24) is 14.9 Å². The molecule has 0 aliphatic carbocycles. The van der Waals surface area contributed by atoms with E-state index >= 15 is 0 Å². The maximum atomic E-state index is 13.4. The summed E-state index contributed by atoms with van der Waals surface area (Å²) in [6.07, 6.45) is 3.64. The summed E-state index contributed by atoms with van der Waals surface area (Å²) in [5, 5.41) is 4.64. The predicted molar refractivity (Wildman–Crippen MR) is 134 cm³/mol. The van der Waals surface area contributed by atoms with Gasteiger partial charge in [0.15, 0.2) is 0 Å². The molecule has 1 aromatic heterocycles. The third-order valence-corrected chi connectivity index (χ3v) is 5.98. The molecule has 4 aromatic rings. The van der Waals surface area contributed by atoms with Crippen LogP contribution in [-0.4, -0.2) is 34.3 Å². The Hall–Kier alpha value is -3.71. The first-order valence-corrected chi connectivity index (χ1v) is 11.4. The standard InChI is InChI=1S/C26H23ClFN5O/c1-33-11-3-6-25(33)31-19-7-9-23-21(13-19)26(30-16-29-23)32-20-8-10-24(22(27)14-20)34-15-17-4-2-5-18(28)12-17/h2,4-5,7-10,12-14,16H,3,6,11,15H2,1H3,(H,29,30,32)/b31-25+. The largest absolute Gasteiger partial charge is 0.487 e. The lowest BCUT2D eigenvalue weighted by molar-refractivity contribution is 0.306. The highest BCUT2D eigenvalue weighted by Gasteiger charge is 2.14. The van der Waals surface area contributed by atoms with Crippen LogP contribution in [-0.2, 0) is 6.61 Å². The first-order valence-electron chi connectivity index (χ1n) is 11.0. The molecular weight excluding hydrogens is 453 g/mol. The highest BCUT2D eigenvalue weighted by Crippen LogP contribution is 2.32. The Bertz CT molecular complexity index is 1380. The van der Waals surface area contributed by atoms with Crippen LogP contribution in [0.4, 0.5) is 21.6 Å². The molecule has 0 atom stereocenters. The molecule has 34 heavy (non-hydrogen) atoms. The summed E-state index contributed by atoms with van der Waals surface area (Å²) in [5.41, 5.74) is 3.18. The normalized spacial score (nSPS) is 14.7. The van der Waals surface area contributed by atoms with Gasteiger partial charge in [-0.3, -0.25) is 0 Å². The molecule has 0 amide bonds. The monoisotopic (exact) mass is 475 g/mol. The molecule has 1 saturated heterocycles. The molecular formula is C26H23ClFN5O. The van der Waals surface area contributed by atoms with Gasteiger partial charge >= 0.3 is 0 Å². The van der Waals surface area contributed by atoms with Crippen LogP contribution < -0.4 is 10.1 Å². The van der Waals surface area contributed by atoms with Gasteiger partial charge in [-0.1, -0.05) is 23.7 Å². The lowest BCUT2D eigenvalue weighted by Crippen LogP contribution is -2.18. The SMILES string of the molecule is CN1CCC/C1=N\c1ccc2ncnc(Nc3ccc(OCc4cccc(F)c4)c(Cl)c3)c2c1. The van der Waals surface area contributed by atoms with E-state index in [9.17, 15) is 4.39 Å². The van der Waals surface area contributed by atoms with Crippen molar-refractivity contribution in [2.45, 2.75) is 19.4 Å². The summed E-state index contributed by atoms with van der Waals surface area (Å²) >= 11 is 6.45. The number of nitrogens with zero attached hydrogens (tertiary/aromatic N) is 4. The van der Waals surface area contributed by atoms with E-state index in [0.29, 0.717) is 16.6 Å². The fourth-order valence-corrected chi connectivity index (χ4v) is 4.15. The number of likely N-dealkylation sites (tertiary alicyclic amines) is 1. The summed E-state index contributed by atoms with van der Waals surface area (Å²) < 4.78 is 19.1. The molecule has 1 aliphatic rings. The van der Waals surface area contributed by atoms with E-state index in [1.807, 2.05) is 24.3 Å². The third-order valence-electron chi connectivity index (χ3n) is 5.69. The van der Waals surface area contributed by atoms with Crippen molar-refractivity contribution in [2.75, 3.05) is 18.9 Å². The maximum absolute atomic E-state index is 13.4. The maximum Gasteiger partial charge on any atom is 0.141 e. The Morgan fingerprint density at radius 3 is 2.82 bits per heavy atom. The van der Waals surface area contributed by atoms with Crippen LogP contribution in [0.25, 0.3) is 10.9 Å². The van der Waals surface area contributed by atoms with Gasteiger partial charge in [0, 0.05) is 31.1 Å². The minimum Gasteiger partial charge on any atom is -0.487 e. The van der Waals surface area contributed by atoms with Crippen LogP contribution in [0.5, 0.6) is 5.75 Å². The Kier molecular flexibility index (Phi) is 6.27. The zero-order valence-electron chi connectivity index (χ0n) is 18.6. The van der Waals surface area contributed by atoms with Crippen molar-refractivity contribution in [2.24, 2.45) is 4.99 Å². The number of benzene rings is 3. The Balaban J connectivity index is 1.36. The highest BCUT2D eigenvalue weighted by molar-refractivity contribution is 6.32. The highest BCUT2D eigenvalue weighted by atomic mass is 35.5. The molecule has 0 radical (unpaired) electrons. The van der Waals surface area contributed by atoms with Gasteiger partial charge in [0.1, 0.15) is 36.2 Å². The molecule has 0 bridgehead atoms. The number of hydrogen-bond donors (Lipinski definition) is 1. The summed E-state index contributed by atoms with van der Waals surface area (Å²) in [6, 6.07) is 17.6. The topological polar surface area (TPSA) is 62.6 Å². The summed E-state index contributed by atoms with van der Waals surface area (Å²) in [5.74, 6) is 1.97. The van der Waals surface area contributed by atoms with Crippen LogP contribution in [0.1, 0.15) is 18.4 Å². The van der Waals surface area contributed by atoms with Crippen LogP contribution in [0.15, 0.2) is 72.0 Å². The van der Waals surface area contributed by atoms with Crippen LogP contribution in [0, 0.1) is 5.82 Å². The summed E-state index contributed by atoms with van der Waals surface area (Å²) in [4.78, 5) is 15.8. The van der Waals surface area contributed by atoms with Gasteiger partial charge in [-0.2, -0.15) is 0 Å². The van der Waals surface area contributed by atoms with E-state index in [-0.39, 0.29) is 12.4 Å². The van der Waals surface area contributed by atoms with Gasteiger partial charge in [-0.25, -0.2) is 19.4 Å². The van der Waals surface area contributed by atoms with Crippen LogP contribution in [0.2, 0.25) is 5.02 Å². The lowest BCUT2D eigenvalue weighted by Gasteiger charge is -2.13. The van der Waals surface area contributed by atoms with E-state index in [1.54, 1.807) is 24.3 Å². The number of anilines is 2. The van der Waals surface area contributed by atoms with Gasteiger partial charge in [-0.15, -0.1) is 0 Å². The minimum atomic E-state index is -0.298. The molecule has 6 nitrogen and oxygen atoms in total. The lowest BCUT2D eigenvalue weighted by atomic mass is 10.2. The fourth-order valence-electron chi connectivity index (χ4n) is 3.92.